The van der Waals surface area contributed by atoms with Gasteiger partial charge >= 0.3 is 5.97 Å². The van der Waals surface area contributed by atoms with Gasteiger partial charge in [0.2, 0.25) is 0 Å². The summed E-state index contributed by atoms with van der Waals surface area (Å²) in [6.07, 6.45) is 0.615. The van der Waals surface area contributed by atoms with E-state index in [1.807, 2.05) is 54.6 Å². The molecule has 0 aromatic heterocycles. The van der Waals surface area contributed by atoms with Crippen LogP contribution in [0.3, 0.4) is 0 Å². The first-order valence-corrected chi connectivity index (χ1v) is 8.86. The van der Waals surface area contributed by atoms with Crippen molar-refractivity contribution in [2.75, 3.05) is 0 Å². The van der Waals surface area contributed by atoms with Crippen LogP contribution in [0.1, 0.15) is 30.9 Å². The van der Waals surface area contributed by atoms with Gasteiger partial charge in [0.1, 0.15) is 12.4 Å². The molecule has 0 bridgehead atoms. The average Bonchev–Trinajstić information content (AvgIpc) is 3.00. The minimum absolute atomic E-state index is 0.0882. The molecular formula is C21H21NO5. The highest BCUT2D eigenvalue weighted by Crippen LogP contribution is 2.19. The zero-order valence-electron chi connectivity index (χ0n) is 15.1. The topological polar surface area (TPSA) is 72.9 Å². The molecule has 0 radical (unpaired) electrons. The van der Waals surface area contributed by atoms with Gasteiger partial charge in [-0.05, 0) is 29.7 Å². The molecular weight excluding hydrogens is 346 g/mol. The highest BCUT2D eigenvalue weighted by molar-refractivity contribution is 6.01. The van der Waals surface area contributed by atoms with Crippen LogP contribution in [0.2, 0.25) is 0 Å². The molecule has 6 nitrogen and oxygen atoms in total. The highest BCUT2D eigenvalue weighted by Gasteiger charge is 2.33. The standard InChI is InChI=1S/C21H21NO5/c1-15(21(25)27-22-19(23)11-12-20(22)24)13-16-7-9-18(10-8-16)26-14-17-5-3-2-4-6-17/h2-10,15H,11-14H2,1H3/t15-/m0/s1. The summed E-state index contributed by atoms with van der Waals surface area (Å²) in [6, 6.07) is 17.4. The number of hydrogen-bond acceptors (Lipinski definition) is 5. The van der Waals surface area contributed by atoms with Crippen LogP contribution in [-0.2, 0) is 32.2 Å². The number of rotatable bonds is 7. The van der Waals surface area contributed by atoms with Gasteiger partial charge in [-0.15, -0.1) is 5.06 Å². The molecule has 1 aliphatic heterocycles. The summed E-state index contributed by atoms with van der Waals surface area (Å²) in [6.45, 7) is 2.19. The third-order valence-corrected chi connectivity index (χ3v) is 4.30. The van der Waals surface area contributed by atoms with E-state index >= 15 is 0 Å². The maximum Gasteiger partial charge on any atom is 0.336 e. The van der Waals surface area contributed by atoms with E-state index in [0.717, 1.165) is 16.9 Å². The van der Waals surface area contributed by atoms with Crippen LogP contribution in [0, 0.1) is 5.92 Å². The first-order chi connectivity index (χ1) is 13.0. The number of amides is 2. The van der Waals surface area contributed by atoms with Gasteiger partial charge in [-0.3, -0.25) is 9.59 Å². The van der Waals surface area contributed by atoms with Crippen LogP contribution in [0.5, 0.6) is 5.75 Å². The Balaban J connectivity index is 1.50. The van der Waals surface area contributed by atoms with E-state index in [0.29, 0.717) is 18.1 Å². The van der Waals surface area contributed by atoms with E-state index in [-0.39, 0.29) is 12.8 Å². The van der Waals surface area contributed by atoms with Gasteiger partial charge in [0, 0.05) is 12.8 Å². The molecule has 0 N–H and O–H groups in total. The molecule has 2 aromatic carbocycles. The number of hydrogen-bond donors (Lipinski definition) is 0. The summed E-state index contributed by atoms with van der Waals surface area (Å²) in [7, 11) is 0. The molecule has 1 heterocycles. The highest BCUT2D eigenvalue weighted by atomic mass is 16.7. The van der Waals surface area contributed by atoms with Crippen molar-refractivity contribution in [2.45, 2.75) is 32.8 Å². The SMILES string of the molecule is C[C@@H](Cc1ccc(OCc2ccccc2)cc1)C(=O)ON1C(=O)CCC1=O. The first kappa shape index (κ1) is 18.6. The van der Waals surface area contributed by atoms with Crippen molar-refractivity contribution in [3.05, 3.63) is 65.7 Å². The van der Waals surface area contributed by atoms with Crippen molar-refractivity contribution < 1.29 is 24.0 Å². The Morgan fingerprint density at radius 3 is 2.22 bits per heavy atom. The largest absolute Gasteiger partial charge is 0.489 e. The van der Waals surface area contributed by atoms with Gasteiger partial charge in [0.05, 0.1) is 5.92 Å². The van der Waals surface area contributed by atoms with Gasteiger partial charge in [0.25, 0.3) is 11.8 Å². The van der Waals surface area contributed by atoms with Crippen molar-refractivity contribution in [2.24, 2.45) is 5.92 Å². The van der Waals surface area contributed by atoms with Crippen LogP contribution in [0.15, 0.2) is 54.6 Å². The second kappa shape index (κ2) is 8.49. The summed E-state index contributed by atoms with van der Waals surface area (Å²) in [4.78, 5) is 40.1. The Hall–Kier alpha value is -3.15. The zero-order valence-corrected chi connectivity index (χ0v) is 15.1. The molecule has 0 unspecified atom stereocenters. The van der Waals surface area contributed by atoms with Gasteiger partial charge in [0.15, 0.2) is 0 Å². The summed E-state index contributed by atoms with van der Waals surface area (Å²) in [5.74, 6) is -1.28. The molecule has 27 heavy (non-hydrogen) atoms. The quantitative estimate of drug-likeness (QED) is 0.703. The molecule has 0 saturated carbocycles. The van der Waals surface area contributed by atoms with Crippen molar-refractivity contribution in [3.8, 4) is 5.75 Å². The molecule has 2 aromatic rings. The molecule has 2 amide bonds. The van der Waals surface area contributed by atoms with Gasteiger partial charge in [-0.2, -0.15) is 0 Å². The smallest absolute Gasteiger partial charge is 0.336 e. The molecule has 1 fully saturated rings. The number of carbonyl (C=O) groups excluding carboxylic acids is 3. The summed E-state index contributed by atoms with van der Waals surface area (Å²) in [5, 5.41) is 0.583. The summed E-state index contributed by atoms with van der Waals surface area (Å²) in [5.41, 5.74) is 2.02. The van der Waals surface area contributed by atoms with Gasteiger partial charge in [-0.25, -0.2) is 4.79 Å². The van der Waals surface area contributed by atoms with Gasteiger partial charge < -0.3 is 9.57 Å². The van der Waals surface area contributed by atoms with Crippen LogP contribution in [-0.4, -0.2) is 22.8 Å². The molecule has 1 aliphatic rings. The molecule has 1 saturated heterocycles. The fourth-order valence-corrected chi connectivity index (χ4v) is 2.74. The molecule has 0 aliphatic carbocycles. The number of benzene rings is 2. The lowest BCUT2D eigenvalue weighted by molar-refractivity contribution is -0.200. The summed E-state index contributed by atoms with van der Waals surface area (Å²) < 4.78 is 5.74. The minimum Gasteiger partial charge on any atom is -0.489 e. The Labute approximate surface area is 157 Å². The van der Waals surface area contributed by atoms with E-state index in [9.17, 15) is 14.4 Å². The Morgan fingerprint density at radius 1 is 0.963 bits per heavy atom. The van der Waals surface area contributed by atoms with E-state index < -0.39 is 23.7 Å². The van der Waals surface area contributed by atoms with Crippen LogP contribution in [0.4, 0.5) is 0 Å². The minimum atomic E-state index is -0.594. The number of hydroxylamine groups is 2. The maximum atomic E-state index is 12.1. The monoisotopic (exact) mass is 367 g/mol. The normalized spacial score (nSPS) is 14.9. The van der Waals surface area contributed by atoms with Crippen LogP contribution >= 0.6 is 0 Å². The predicted octanol–water partition coefficient (Wildman–Crippen LogP) is 3.05. The molecule has 1 atom stereocenters. The van der Waals surface area contributed by atoms with Crippen molar-refractivity contribution in [1.82, 2.24) is 5.06 Å². The van der Waals surface area contributed by atoms with Crippen molar-refractivity contribution in [3.63, 3.8) is 0 Å². The van der Waals surface area contributed by atoms with E-state index in [1.54, 1.807) is 6.92 Å². The number of nitrogens with zero attached hydrogens (tertiary/aromatic N) is 1. The predicted molar refractivity (Wildman–Crippen MR) is 97.3 cm³/mol. The molecule has 6 heteroatoms. The van der Waals surface area contributed by atoms with Gasteiger partial charge in [-0.1, -0.05) is 49.4 Å². The Morgan fingerprint density at radius 2 is 1.59 bits per heavy atom. The lowest BCUT2D eigenvalue weighted by Crippen LogP contribution is -2.34. The number of carbonyl (C=O) groups is 3. The second-order valence-corrected chi connectivity index (χ2v) is 6.52. The lowest BCUT2D eigenvalue weighted by atomic mass is 10.0. The fourth-order valence-electron chi connectivity index (χ4n) is 2.74. The lowest BCUT2D eigenvalue weighted by Gasteiger charge is -2.16. The third-order valence-electron chi connectivity index (χ3n) is 4.30. The van der Waals surface area contributed by atoms with E-state index in [4.69, 9.17) is 9.57 Å². The van der Waals surface area contributed by atoms with Crippen LogP contribution in [0.25, 0.3) is 0 Å². The van der Waals surface area contributed by atoms with Crippen molar-refractivity contribution >= 4 is 17.8 Å². The van der Waals surface area contributed by atoms with E-state index in [1.165, 1.54) is 0 Å². The average molecular weight is 367 g/mol. The third kappa shape index (κ3) is 4.94. The maximum absolute atomic E-state index is 12.1. The molecule has 0 spiro atoms. The van der Waals surface area contributed by atoms with Crippen molar-refractivity contribution in [1.29, 1.82) is 0 Å². The number of imide groups is 1. The fraction of sp³-hybridized carbons (Fsp3) is 0.286. The number of ether oxygens (including phenoxy) is 1. The Bertz CT molecular complexity index is 800. The molecule has 3 rings (SSSR count). The molecule has 140 valence electrons. The van der Waals surface area contributed by atoms with Crippen LogP contribution < -0.4 is 4.74 Å². The Kier molecular flexibility index (Phi) is 5.86. The summed E-state index contributed by atoms with van der Waals surface area (Å²) >= 11 is 0. The second-order valence-electron chi connectivity index (χ2n) is 6.52. The first-order valence-electron chi connectivity index (χ1n) is 8.86. The zero-order chi connectivity index (χ0) is 19.2. The van der Waals surface area contributed by atoms with E-state index in [2.05, 4.69) is 0 Å².